The van der Waals surface area contributed by atoms with Gasteiger partial charge < -0.3 is 15.2 Å². The first-order valence-electron chi connectivity index (χ1n) is 7.93. The van der Waals surface area contributed by atoms with Gasteiger partial charge in [0.15, 0.2) is 0 Å². The number of ether oxygens (including phenoxy) is 2. The summed E-state index contributed by atoms with van der Waals surface area (Å²) >= 11 is 0. The van der Waals surface area contributed by atoms with E-state index in [-0.39, 0.29) is 0 Å². The summed E-state index contributed by atoms with van der Waals surface area (Å²) in [7, 11) is 0. The van der Waals surface area contributed by atoms with Gasteiger partial charge in [-0.15, -0.1) is 0 Å². The lowest BCUT2D eigenvalue weighted by molar-refractivity contribution is 0.100. The van der Waals surface area contributed by atoms with Gasteiger partial charge in [0.25, 0.3) is 0 Å². The van der Waals surface area contributed by atoms with Crippen LogP contribution in [0.15, 0.2) is 18.2 Å². The lowest BCUT2D eigenvalue weighted by Gasteiger charge is -2.14. The maximum atomic E-state index is 6.23. The van der Waals surface area contributed by atoms with Gasteiger partial charge in [-0.2, -0.15) is 0 Å². The molecular weight excluding hydrogens is 250 g/mol. The number of rotatable bonds is 6. The molecule has 110 valence electrons. The molecule has 2 aliphatic heterocycles. The summed E-state index contributed by atoms with van der Waals surface area (Å²) < 4.78 is 11.2. The van der Waals surface area contributed by atoms with Crippen LogP contribution in [0.1, 0.15) is 43.2 Å². The number of fused-ring (bicyclic) bond motifs is 1. The zero-order valence-electron chi connectivity index (χ0n) is 12.1. The van der Waals surface area contributed by atoms with Crippen molar-refractivity contribution in [2.75, 3.05) is 13.2 Å². The third kappa shape index (κ3) is 3.53. The van der Waals surface area contributed by atoms with Crippen LogP contribution in [0.3, 0.4) is 0 Å². The summed E-state index contributed by atoms with van der Waals surface area (Å²) in [6, 6.07) is 6.87. The first-order chi connectivity index (χ1) is 9.81. The maximum absolute atomic E-state index is 6.23. The average Bonchev–Trinajstić information content (AvgIpc) is 3.13. The second-order valence-corrected chi connectivity index (χ2v) is 6.05. The van der Waals surface area contributed by atoms with E-state index in [4.69, 9.17) is 15.2 Å². The molecule has 0 saturated carbocycles. The quantitative estimate of drug-likeness (QED) is 0.868. The summed E-state index contributed by atoms with van der Waals surface area (Å²) in [5.41, 5.74) is 8.98. The third-order valence-electron chi connectivity index (χ3n) is 4.44. The SMILES string of the molecule is NC(CCc1ccc2c(c1)CCO2)CCC1CCCO1. The molecule has 1 saturated heterocycles. The molecule has 0 radical (unpaired) electrons. The molecule has 2 aliphatic rings. The Hall–Kier alpha value is -1.06. The number of aryl methyl sites for hydroxylation is 1. The van der Waals surface area contributed by atoms with Crippen LogP contribution in [0.5, 0.6) is 5.75 Å². The van der Waals surface area contributed by atoms with Crippen LogP contribution in [-0.2, 0) is 17.6 Å². The van der Waals surface area contributed by atoms with Gasteiger partial charge in [0.2, 0.25) is 0 Å². The van der Waals surface area contributed by atoms with Crippen molar-refractivity contribution < 1.29 is 9.47 Å². The molecule has 3 nitrogen and oxygen atoms in total. The largest absolute Gasteiger partial charge is 0.493 e. The summed E-state index contributed by atoms with van der Waals surface area (Å²) in [6.45, 7) is 1.77. The Morgan fingerprint density at radius 2 is 2.20 bits per heavy atom. The van der Waals surface area contributed by atoms with Crippen molar-refractivity contribution in [3.05, 3.63) is 29.3 Å². The molecular formula is C17H25NO2. The van der Waals surface area contributed by atoms with Crippen molar-refractivity contribution in [2.45, 2.75) is 57.1 Å². The molecule has 2 atom stereocenters. The molecule has 0 aromatic heterocycles. The van der Waals surface area contributed by atoms with E-state index in [0.29, 0.717) is 12.1 Å². The van der Waals surface area contributed by atoms with Crippen molar-refractivity contribution >= 4 is 0 Å². The fourth-order valence-electron chi connectivity index (χ4n) is 3.16. The van der Waals surface area contributed by atoms with E-state index < -0.39 is 0 Å². The van der Waals surface area contributed by atoms with Gasteiger partial charge in [-0.25, -0.2) is 0 Å². The van der Waals surface area contributed by atoms with Gasteiger partial charge in [-0.1, -0.05) is 12.1 Å². The topological polar surface area (TPSA) is 44.5 Å². The first-order valence-corrected chi connectivity index (χ1v) is 7.93. The van der Waals surface area contributed by atoms with E-state index in [0.717, 1.165) is 51.1 Å². The minimum Gasteiger partial charge on any atom is -0.493 e. The lowest BCUT2D eigenvalue weighted by atomic mass is 9.99. The van der Waals surface area contributed by atoms with Gasteiger partial charge in [0.1, 0.15) is 5.75 Å². The van der Waals surface area contributed by atoms with Crippen LogP contribution >= 0.6 is 0 Å². The van der Waals surface area contributed by atoms with Crippen molar-refractivity contribution in [1.29, 1.82) is 0 Å². The van der Waals surface area contributed by atoms with Crippen molar-refractivity contribution in [3.8, 4) is 5.75 Å². The summed E-state index contributed by atoms with van der Waals surface area (Å²) in [5, 5.41) is 0. The predicted octanol–water partition coefficient (Wildman–Crippen LogP) is 2.84. The predicted molar refractivity (Wildman–Crippen MR) is 80.1 cm³/mol. The highest BCUT2D eigenvalue weighted by Gasteiger charge is 2.17. The smallest absolute Gasteiger partial charge is 0.122 e. The molecule has 1 aromatic carbocycles. The Balaban J connectivity index is 1.41. The van der Waals surface area contributed by atoms with E-state index in [9.17, 15) is 0 Å². The van der Waals surface area contributed by atoms with Gasteiger partial charge in [0.05, 0.1) is 12.7 Å². The second kappa shape index (κ2) is 6.59. The van der Waals surface area contributed by atoms with Crippen LogP contribution < -0.4 is 10.5 Å². The Bertz CT molecular complexity index is 441. The Labute approximate surface area is 121 Å². The first kappa shape index (κ1) is 13.9. The van der Waals surface area contributed by atoms with Crippen LogP contribution in [0, 0.1) is 0 Å². The Morgan fingerprint density at radius 1 is 1.25 bits per heavy atom. The molecule has 2 unspecified atom stereocenters. The molecule has 0 spiro atoms. The molecule has 3 heteroatoms. The van der Waals surface area contributed by atoms with Crippen LogP contribution in [0.2, 0.25) is 0 Å². The van der Waals surface area contributed by atoms with Crippen LogP contribution in [-0.4, -0.2) is 25.4 Å². The molecule has 3 rings (SSSR count). The summed E-state index contributed by atoms with van der Waals surface area (Å²) in [4.78, 5) is 0. The number of nitrogens with two attached hydrogens (primary N) is 1. The summed E-state index contributed by atoms with van der Waals surface area (Å²) in [5.74, 6) is 1.07. The molecule has 1 fully saturated rings. The van der Waals surface area contributed by atoms with Crippen LogP contribution in [0.4, 0.5) is 0 Å². The van der Waals surface area contributed by atoms with E-state index in [2.05, 4.69) is 18.2 Å². The van der Waals surface area contributed by atoms with E-state index in [1.54, 1.807) is 0 Å². The number of benzene rings is 1. The fraction of sp³-hybridized carbons (Fsp3) is 0.647. The number of hydrogen-bond acceptors (Lipinski definition) is 3. The summed E-state index contributed by atoms with van der Waals surface area (Å²) in [6.07, 6.45) is 8.30. The highest BCUT2D eigenvalue weighted by molar-refractivity contribution is 5.39. The molecule has 0 aliphatic carbocycles. The molecule has 1 aromatic rings. The van der Waals surface area contributed by atoms with Crippen molar-refractivity contribution in [1.82, 2.24) is 0 Å². The van der Waals surface area contributed by atoms with E-state index >= 15 is 0 Å². The Kier molecular flexibility index (Phi) is 4.58. The Morgan fingerprint density at radius 3 is 3.05 bits per heavy atom. The van der Waals surface area contributed by atoms with Crippen molar-refractivity contribution in [2.24, 2.45) is 5.73 Å². The van der Waals surface area contributed by atoms with Gasteiger partial charge in [0, 0.05) is 19.1 Å². The van der Waals surface area contributed by atoms with Crippen molar-refractivity contribution in [3.63, 3.8) is 0 Å². The highest BCUT2D eigenvalue weighted by Crippen LogP contribution is 2.26. The molecule has 0 amide bonds. The minimum atomic E-state index is 0.295. The lowest BCUT2D eigenvalue weighted by Crippen LogP contribution is -2.22. The monoisotopic (exact) mass is 275 g/mol. The van der Waals surface area contributed by atoms with E-state index in [1.807, 2.05) is 0 Å². The van der Waals surface area contributed by atoms with Gasteiger partial charge in [-0.3, -0.25) is 0 Å². The normalized spacial score (nSPS) is 22.6. The zero-order chi connectivity index (χ0) is 13.8. The fourth-order valence-corrected chi connectivity index (χ4v) is 3.16. The standard InChI is InChI=1S/C17H25NO2/c18-15(6-7-16-2-1-10-19-16)5-3-13-4-8-17-14(12-13)9-11-20-17/h4,8,12,15-16H,1-3,5-7,9-11,18H2. The molecule has 20 heavy (non-hydrogen) atoms. The number of hydrogen-bond donors (Lipinski definition) is 1. The minimum absolute atomic E-state index is 0.295. The zero-order valence-corrected chi connectivity index (χ0v) is 12.1. The second-order valence-electron chi connectivity index (χ2n) is 6.05. The van der Waals surface area contributed by atoms with Gasteiger partial charge in [-0.05, 0) is 55.7 Å². The maximum Gasteiger partial charge on any atom is 0.122 e. The van der Waals surface area contributed by atoms with Crippen LogP contribution in [0.25, 0.3) is 0 Å². The molecule has 2 N–H and O–H groups in total. The third-order valence-corrected chi connectivity index (χ3v) is 4.44. The van der Waals surface area contributed by atoms with E-state index in [1.165, 1.54) is 24.0 Å². The average molecular weight is 275 g/mol. The molecule has 0 bridgehead atoms. The highest BCUT2D eigenvalue weighted by atomic mass is 16.5. The van der Waals surface area contributed by atoms with Gasteiger partial charge >= 0.3 is 0 Å². The molecule has 2 heterocycles.